The van der Waals surface area contributed by atoms with Crippen LogP contribution in [0.15, 0.2) is 36.4 Å². The second-order valence-corrected chi connectivity index (χ2v) is 4.28. The summed E-state index contributed by atoms with van der Waals surface area (Å²) in [5.74, 6) is -0.927. The second-order valence-electron chi connectivity index (χ2n) is 4.28. The fraction of sp³-hybridized carbons (Fsp3) is 0.267. The van der Waals surface area contributed by atoms with Crippen molar-refractivity contribution in [2.45, 2.75) is 13.3 Å². The number of rotatable bonds is 5. The first kappa shape index (κ1) is 12.6. The van der Waals surface area contributed by atoms with E-state index in [4.69, 9.17) is 9.84 Å². The summed E-state index contributed by atoms with van der Waals surface area (Å²) < 4.78 is 5.08. The minimum absolute atomic E-state index is 0.232. The van der Waals surface area contributed by atoms with E-state index in [-0.39, 0.29) is 6.61 Å². The van der Waals surface area contributed by atoms with Gasteiger partial charge in [-0.15, -0.1) is 0 Å². The zero-order chi connectivity index (χ0) is 13.0. The molecule has 2 aromatic carbocycles. The Hall–Kier alpha value is -1.87. The lowest BCUT2D eigenvalue weighted by molar-refractivity contribution is -0.142. The van der Waals surface area contributed by atoms with Crippen LogP contribution >= 0.6 is 0 Å². The minimum atomic E-state index is -0.927. The van der Waals surface area contributed by atoms with Crippen LogP contribution in [0.25, 0.3) is 10.8 Å². The highest BCUT2D eigenvalue weighted by Gasteiger charge is 2.03. The fourth-order valence-corrected chi connectivity index (χ4v) is 2.07. The molecule has 0 saturated heterocycles. The fourth-order valence-electron chi connectivity index (χ4n) is 2.07. The van der Waals surface area contributed by atoms with Crippen molar-refractivity contribution in [2.24, 2.45) is 0 Å². The molecule has 0 aliphatic rings. The van der Waals surface area contributed by atoms with Crippen LogP contribution in [0.1, 0.15) is 11.1 Å². The number of hydrogen-bond donors (Lipinski definition) is 1. The monoisotopic (exact) mass is 244 g/mol. The lowest BCUT2D eigenvalue weighted by Crippen LogP contribution is -2.09. The molecule has 0 atom stereocenters. The van der Waals surface area contributed by atoms with Crippen LogP contribution in [0.2, 0.25) is 0 Å². The Bertz CT molecular complexity index is 561. The first-order valence-corrected chi connectivity index (χ1v) is 5.95. The van der Waals surface area contributed by atoms with Gasteiger partial charge >= 0.3 is 5.97 Å². The third-order valence-corrected chi connectivity index (χ3v) is 2.97. The summed E-state index contributed by atoms with van der Waals surface area (Å²) in [6.45, 7) is 2.29. The maximum atomic E-state index is 10.3. The third-order valence-electron chi connectivity index (χ3n) is 2.97. The molecule has 1 N–H and O–H groups in total. The summed E-state index contributed by atoms with van der Waals surface area (Å²) in [5.41, 5.74) is 2.45. The lowest BCUT2D eigenvalue weighted by atomic mass is 9.99. The van der Waals surface area contributed by atoms with Crippen molar-refractivity contribution in [3.05, 3.63) is 47.5 Å². The van der Waals surface area contributed by atoms with Crippen LogP contribution in [-0.2, 0) is 16.0 Å². The normalized spacial score (nSPS) is 10.7. The molecule has 0 aliphatic heterocycles. The Morgan fingerprint density at radius 1 is 1.17 bits per heavy atom. The highest BCUT2D eigenvalue weighted by molar-refractivity contribution is 5.88. The molecule has 18 heavy (non-hydrogen) atoms. The molecule has 2 rings (SSSR count). The van der Waals surface area contributed by atoms with Gasteiger partial charge in [-0.25, -0.2) is 4.79 Å². The van der Waals surface area contributed by atoms with E-state index >= 15 is 0 Å². The van der Waals surface area contributed by atoms with Gasteiger partial charge in [0.1, 0.15) is 6.61 Å². The van der Waals surface area contributed by atoms with E-state index in [1.807, 2.05) is 12.1 Å². The summed E-state index contributed by atoms with van der Waals surface area (Å²) in [7, 11) is 0. The highest BCUT2D eigenvalue weighted by atomic mass is 16.5. The molecule has 3 nitrogen and oxygen atoms in total. The van der Waals surface area contributed by atoms with E-state index in [0.29, 0.717) is 6.61 Å². The number of aryl methyl sites for hydroxylation is 1. The SMILES string of the molecule is Cc1ccc(CCOCC(=O)O)c2ccccc12. The van der Waals surface area contributed by atoms with Gasteiger partial charge in [0, 0.05) is 0 Å². The molecule has 0 bridgehead atoms. The zero-order valence-electron chi connectivity index (χ0n) is 10.3. The molecular formula is C15H16O3. The first-order valence-electron chi connectivity index (χ1n) is 5.95. The smallest absolute Gasteiger partial charge is 0.329 e. The second kappa shape index (κ2) is 5.65. The quantitative estimate of drug-likeness (QED) is 0.823. The van der Waals surface area contributed by atoms with Crippen LogP contribution in [0.3, 0.4) is 0 Å². The molecule has 0 heterocycles. The van der Waals surface area contributed by atoms with Gasteiger partial charge in [-0.2, -0.15) is 0 Å². The summed E-state index contributed by atoms with van der Waals surface area (Å²) >= 11 is 0. The van der Waals surface area contributed by atoms with Crippen LogP contribution in [0, 0.1) is 6.92 Å². The van der Waals surface area contributed by atoms with Gasteiger partial charge in [0.2, 0.25) is 0 Å². The molecule has 0 aliphatic carbocycles. The number of aliphatic carboxylic acids is 1. The van der Waals surface area contributed by atoms with Gasteiger partial charge in [0.25, 0.3) is 0 Å². The molecule has 0 fully saturated rings. The number of fused-ring (bicyclic) bond motifs is 1. The van der Waals surface area contributed by atoms with Crippen LogP contribution < -0.4 is 0 Å². The van der Waals surface area contributed by atoms with Crippen molar-refractivity contribution >= 4 is 16.7 Å². The van der Waals surface area contributed by atoms with E-state index in [2.05, 4.69) is 31.2 Å². The van der Waals surface area contributed by atoms with Gasteiger partial charge in [-0.05, 0) is 35.2 Å². The van der Waals surface area contributed by atoms with Gasteiger partial charge < -0.3 is 9.84 Å². The molecule has 0 amide bonds. The Morgan fingerprint density at radius 3 is 2.61 bits per heavy atom. The van der Waals surface area contributed by atoms with Crippen molar-refractivity contribution in [2.75, 3.05) is 13.2 Å². The van der Waals surface area contributed by atoms with Crippen molar-refractivity contribution in [3.63, 3.8) is 0 Å². The molecule has 0 saturated carbocycles. The molecule has 0 radical (unpaired) electrons. The van der Waals surface area contributed by atoms with E-state index < -0.39 is 5.97 Å². The van der Waals surface area contributed by atoms with Crippen molar-refractivity contribution < 1.29 is 14.6 Å². The largest absolute Gasteiger partial charge is 0.480 e. The number of benzene rings is 2. The van der Waals surface area contributed by atoms with Gasteiger partial charge in [0.05, 0.1) is 6.61 Å². The minimum Gasteiger partial charge on any atom is -0.480 e. The molecule has 3 heteroatoms. The first-order chi connectivity index (χ1) is 8.68. The molecule has 94 valence electrons. The van der Waals surface area contributed by atoms with Crippen molar-refractivity contribution in [1.29, 1.82) is 0 Å². The average molecular weight is 244 g/mol. The van der Waals surface area contributed by atoms with E-state index in [9.17, 15) is 4.79 Å². The van der Waals surface area contributed by atoms with Crippen molar-refractivity contribution in [1.82, 2.24) is 0 Å². The Balaban J connectivity index is 2.14. The van der Waals surface area contributed by atoms with E-state index in [1.54, 1.807) is 0 Å². The Morgan fingerprint density at radius 2 is 1.89 bits per heavy atom. The topological polar surface area (TPSA) is 46.5 Å². The van der Waals surface area contributed by atoms with E-state index in [1.165, 1.54) is 21.9 Å². The molecular weight excluding hydrogens is 228 g/mol. The van der Waals surface area contributed by atoms with Gasteiger partial charge in [-0.1, -0.05) is 36.4 Å². The summed E-state index contributed by atoms with van der Waals surface area (Å²) in [4.78, 5) is 10.3. The highest BCUT2D eigenvalue weighted by Crippen LogP contribution is 2.22. The number of hydrogen-bond acceptors (Lipinski definition) is 2. The number of carbonyl (C=O) groups is 1. The van der Waals surface area contributed by atoms with Gasteiger partial charge in [0.15, 0.2) is 0 Å². The van der Waals surface area contributed by atoms with Gasteiger partial charge in [-0.3, -0.25) is 0 Å². The molecule has 0 spiro atoms. The van der Waals surface area contributed by atoms with E-state index in [0.717, 1.165) is 6.42 Å². The van der Waals surface area contributed by atoms with Crippen molar-refractivity contribution in [3.8, 4) is 0 Å². The predicted octanol–water partition coefficient (Wildman–Crippen LogP) is 2.79. The zero-order valence-corrected chi connectivity index (χ0v) is 10.3. The summed E-state index contributed by atoms with van der Waals surface area (Å²) in [5, 5.41) is 11.0. The summed E-state index contributed by atoms with van der Waals surface area (Å²) in [6.07, 6.45) is 0.730. The predicted molar refractivity (Wildman–Crippen MR) is 70.8 cm³/mol. The molecule has 0 unspecified atom stereocenters. The van der Waals surface area contributed by atoms with Crippen LogP contribution in [0.5, 0.6) is 0 Å². The maximum Gasteiger partial charge on any atom is 0.329 e. The Kier molecular flexibility index (Phi) is 3.95. The lowest BCUT2D eigenvalue weighted by Gasteiger charge is -2.08. The van der Waals surface area contributed by atoms with Crippen LogP contribution in [0.4, 0.5) is 0 Å². The van der Waals surface area contributed by atoms with Crippen LogP contribution in [-0.4, -0.2) is 24.3 Å². The number of carboxylic acids is 1. The molecule has 0 aromatic heterocycles. The Labute approximate surface area is 106 Å². The maximum absolute atomic E-state index is 10.3. The average Bonchev–Trinajstić information content (AvgIpc) is 2.37. The molecule has 2 aromatic rings. The standard InChI is InChI=1S/C15H16O3/c1-11-6-7-12(8-9-18-10-15(16)17)14-5-3-2-4-13(11)14/h2-7H,8-10H2,1H3,(H,16,17). The number of ether oxygens (including phenoxy) is 1. The number of carboxylic acid groups (broad SMARTS) is 1. The third kappa shape index (κ3) is 2.87. The summed E-state index contributed by atoms with van der Waals surface area (Å²) in [6, 6.07) is 12.4.